The highest BCUT2D eigenvalue weighted by Gasteiger charge is 2.24. The summed E-state index contributed by atoms with van der Waals surface area (Å²) in [5.74, 6) is 2.21. The van der Waals surface area contributed by atoms with E-state index in [9.17, 15) is 4.79 Å². The average Bonchev–Trinajstić information content (AvgIpc) is 3.13. The summed E-state index contributed by atoms with van der Waals surface area (Å²) in [5.41, 5.74) is 1.81. The Kier molecular flexibility index (Phi) is 5.85. The second-order valence-corrected chi connectivity index (χ2v) is 8.73. The van der Waals surface area contributed by atoms with Crippen molar-refractivity contribution in [2.75, 3.05) is 18.4 Å². The summed E-state index contributed by atoms with van der Waals surface area (Å²) < 4.78 is 0. The van der Waals surface area contributed by atoms with E-state index in [-0.39, 0.29) is 5.91 Å². The Bertz CT molecular complexity index is 980. The smallest absolute Gasteiger partial charge is 0.253 e. The lowest BCUT2D eigenvalue weighted by Crippen LogP contribution is -2.39. The standard InChI is InChI=1S/C22H25N5OS/c1-15-14-23-22(29-15)26-20-13-19(24-16(2)25-20)12-17-8-10-27(11-9-17)21(28)18-6-4-3-5-7-18/h3-7,13-14,17H,8-12H2,1-2H3,(H,23,24,25,26). The van der Waals surface area contributed by atoms with Crippen LogP contribution in [-0.2, 0) is 6.42 Å². The van der Waals surface area contributed by atoms with E-state index in [0.29, 0.717) is 5.92 Å². The number of aryl methyl sites for hydroxylation is 2. The van der Waals surface area contributed by atoms with Gasteiger partial charge in [0.1, 0.15) is 11.6 Å². The summed E-state index contributed by atoms with van der Waals surface area (Å²) in [6, 6.07) is 11.6. The van der Waals surface area contributed by atoms with Crippen LogP contribution in [0.4, 0.5) is 10.9 Å². The summed E-state index contributed by atoms with van der Waals surface area (Å²) in [5, 5.41) is 4.13. The molecule has 3 heterocycles. The monoisotopic (exact) mass is 407 g/mol. The van der Waals surface area contributed by atoms with E-state index >= 15 is 0 Å². The van der Waals surface area contributed by atoms with Gasteiger partial charge in [0, 0.05) is 41.5 Å². The number of benzene rings is 1. The molecular formula is C22H25N5OS. The molecule has 4 rings (SSSR count). The second-order valence-electron chi connectivity index (χ2n) is 7.50. The molecule has 6 nitrogen and oxygen atoms in total. The Morgan fingerprint density at radius 3 is 2.62 bits per heavy atom. The largest absolute Gasteiger partial charge is 0.339 e. The molecule has 0 unspecified atom stereocenters. The maximum absolute atomic E-state index is 12.6. The molecule has 1 amide bonds. The number of hydrogen-bond donors (Lipinski definition) is 1. The molecule has 1 fully saturated rings. The number of amides is 1. The summed E-state index contributed by atoms with van der Waals surface area (Å²) in [6.45, 7) is 5.55. The summed E-state index contributed by atoms with van der Waals surface area (Å²) in [4.78, 5) is 29.2. The highest BCUT2D eigenvalue weighted by atomic mass is 32.1. The van der Waals surface area contributed by atoms with E-state index in [1.807, 2.05) is 61.3 Å². The van der Waals surface area contributed by atoms with Gasteiger partial charge < -0.3 is 10.2 Å². The lowest BCUT2D eigenvalue weighted by atomic mass is 9.91. The van der Waals surface area contributed by atoms with Gasteiger partial charge in [-0.2, -0.15) is 0 Å². The number of rotatable bonds is 5. The zero-order valence-corrected chi connectivity index (χ0v) is 17.6. The number of carbonyl (C=O) groups is 1. The molecule has 0 spiro atoms. The first-order valence-corrected chi connectivity index (χ1v) is 10.8. The van der Waals surface area contributed by atoms with Crippen LogP contribution in [0.2, 0.25) is 0 Å². The molecule has 3 aromatic rings. The Morgan fingerprint density at radius 2 is 1.93 bits per heavy atom. The Labute approximate surface area is 175 Å². The number of thiazole rings is 1. The van der Waals surface area contributed by atoms with E-state index in [0.717, 1.165) is 65.3 Å². The lowest BCUT2D eigenvalue weighted by molar-refractivity contribution is 0.0690. The van der Waals surface area contributed by atoms with Gasteiger partial charge in [0.2, 0.25) is 0 Å². The van der Waals surface area contributed by atoms with Gasteiger partial charge in [-0.3, -0.25) is 4.79 Å². The van der Waals surface area contributed by atoms with Crippen molar-refractivity contribution < 1.29 is 4.79 Å². The molecule has 0 bridgehead atoms. The van der Waals surface area contributed by atoms with Crippen molar-refractivity contribution in [1.29, 1.82) is 0 Å². The van der Waals surface area contributed by atoms with Crippen LogP contribution in [0.5, 0.6) is 0 Å². The van der Waals surface area contributed by atoms with Crippen LogP contribution in [0.15, 0.2) is 42.6 Å². The average molecular weight is 408 g/mol. The van der Waals surface area contributed by atoms with Crippen LogP contribution in [0.3, 0.4) is 0 Å². The molecule has 0 saturated carbocycles. The highest BCUT2D eigenvalue weighted by Crippen LogP contribution is 2.25. The number of anilines is 2. The first-order chi connectivity index (χ1) is 14.1. The lowest BCUT2D eigenvalue weighted by Gasteiger charge is -2.32. The van der Waals surface area contributed by atoms with Gasteiger partial charge in [0.15, 0.2) is 5.13 Å². The number of aromatic nitrogens is 3. The molecule has 1 saturated heterocycles. The quantitative estimate of drug-likeness (QED) is 0.679. The summed E-state index contributed by atoms with van der Waals surface area (Å²) in [6.07, 6.45) is 4.75. The molecule has 1 aromatic carbocycles. The van der Waals surface area contributed by atoms with E-state index in [1.54, 1.807) is 11.3 Å². The second kappa shape index (κ2) is 8.69. The molecule has 1 aliphatic rings. The molecule has 0 radical (unpaired) electrons. The number of carbonyl (C=O) groups excluding carboxylic acids is 1. The summed E-state index contributed by atoms with van der Waals surface area (Å²) in [7, 11) is 0. The normalized spacial score (nSPS) is 14.8. The van der Waals surface area contributed by atoms with Gasteiger partial charge in [-0.1, -0.05) is 18.2 Å². The Balaban J connectivity index is 1.36. The van der Waals surface area contributed by atoms with Crippen LogP contribution in [0.25, 0.3) is 0 Å². The van der Waals surface area contributed by atoms with E-state index in [4.69, 9.17) is 0 Å². The van der Waals surface area contributed by atoms with Gasteiger partial charge in [-0.15, -0.1) is 11.3 Å². The van der Waals surface area contributed by atoms with Crippen molar-refractivity contribution in [1.82, 2.24) is 19.9 Å². The van der Waals surface area contributed by atoms with Crippen molar-refractivity contribution in [3.63, 3.8) is 0 Å². The van der Waals surface area contributed by atoms with Crippen molar-refractivity contribution >= 4 is 28.2 Å². The fourth-order valence-electron chi connectivity index (χ4n) is 3.72. The molecule has 7 heteroatoms. The molecule has 1 N–H and O–H groups in total. The van der Waals surface area contributed by atoms with Gasteiger partial charge in [0.05, 0.1) is 0 Å². The Hall–Kier alpha value is -2.80. The predicted octanol–water partition coefficient (Wildman–Crippen LogP) is 4.39. The van der Waals surface area contributed by atoms with Gasteiger partial charge in [0.25, 0.3) is 5.91 Å². The maximum atomic E-state index is 12.6. The van der Waals surface area contributed by atoms with Crippen molar-refractivity contribution in [2.24, 2.45) is 5.92 Å². The minimum absolute atomic E-state index is 0.132. The van der Waals surface area contributed by atoms with E-state index in [1.165, 1.54) is 0 Å². The third-order valence-corrected chi connectivity index (χ3v) is 6.00. The number of nitrogens with zero attached hydrogens (tertiary/aromatic N) is 4. The van der Waals surface area contributed by atoms with Gasteiger partial charge in [-0.25, -0.2) is 15.0 Å². The third kappa shape index (κ3) is 4.98. The zero-order chi connectivity index (χ0) is 20.2. The van der Waals surface area contributed by atoms with Crippen LogP contribution in [0.1, 0.15) is 39.6 Å². The number of hydrogen-bond acceptors (Lipinski definition) is 6. The van der Waals surface area contributed by atoms with Crippen molar-refractivity contribution in [3.05, 3.63) is 64.6 Å². The first kappa shape index (κ1) is 19.5. The van der Waals surface area contributed by atoms with Crippen molar-refractivity contribution in [2.45, 2.75) is 33.1 Å². The first-order valence-electron chi connectivity index (χ1n) is 9.95. The van der Waals surface area contributed by atoms with Gasteiger partial charge in [-0.05, 0) is 51.2 Å². The fourth-order valence-corrected chi connectivity index (χ4v) is 4.39. The number of likely N-dealkylation sites (tertiary alicyclic amines) is 1. The fraction of sp³-hybridized carbons (Fsp3) is 0.364. The molecule has 2 aromatic heterocycles. The predicted molar refractivity (Wildman–Crippen MR) is 116 cm³/mol. The molecule has 29 heavy (non-hydrogen) atoms. The molecule has 0 atom stereocenters. The van der Waals surface area contributed by atoms with Crippen LogP contribution in [0, 0.1) is 19.8 Å². The summed E-state index contributed by atoms with van der Waals surface area (Å²) >= 11 is 1.61. The molecule has 1 aliphatic heterocycles. The zero-order valence-electron chi connectivity index (χ0n) is 16.8. The Morgan fingerprint density at radius 1 is 1.17 bits per heavy atom. The van der Waals surface area contributed by atoms with Crippen molar-refractivity contribution in [3.8, 4) is 0 Å². The topological polar surface area (TPSA) is 71.0 Å². The minimum Gasteiger partial charge on any atom is -0.339 e. The number of piperidine rings is 1. The SMILES string of the molecule is Cc1nc(CC2CCN(C(=O)c3ccccc3)CC2)cc(Nc2ncc(C)s2)n1. The molecular weight excluding hydrogens is 382 g/mol. The van der Waals surface area contributed by atoms with Gasteiger partial charge >= 0.3 is 0 Å². The molecule has 150 valence electrons. The number of nitrogens with one attached hydrogen (secondary N) is 1. The molecule has 0 aliphatic carbocycles. The van der Waals surface area contributed by atoms with E-state index < -0.39 is 0 Å². The maximum Gasteiger partial charge on any atom is 0.253 e. The highest BCUT2D eigenvalue weighted by molar-refractivity contribution is 7.15. The minimum atomic E-state index is 0.132. The van der Waals surface area contributed by atoms with Crippen LogP contribution >= 0.6 is 11.3 Å². The third-order valence-electron chi connectivity index (χ3n) is 5.17. The van der Waals surface area contributed by atoms with E-state index in [2.05, 4.69) is 20.3 Å². The van der Waals surface area contributed by atoms with Crippen LogP contribution in [-0.4, -0.2) is 38.8 Å². The van der Waals surface area contributed by atoms with Crippen LogP contribution < -0.4 is 5.32 Å².